The fourth-order valence-corrected chi connectivity index (χ4v) is 1.90. The normalized spacial score (nSPS) is 11.7. The van der Waals surface area contributed by atoms with E-state index >= 15 is 0 Å². The van der Waals surface area contributed by atoms with Gasteiger partial charge in [0.1, 0.15) is 5.75 Å². The summed E-state index contributed by atoms with van der Waals surface area (Å²) in [5.74, 6) is 0.804. The molecule has 0 amide bonds. The number of anilines is 1. The van der Waals surface area contributed by atoms with Crippen LogP contribution >= 0.6 is 0 Å². The number of nitrogens with zero attached hydrogens (tertiary/aromatic N) is 2. The van der Waals surface area contributed by atoms with Crippen LogP contribution in [0.15, 0.2) is 18.2 Å². The molecular weight excluding hydrogens is 212 g/mol. The van der Waals surface area contributed by atoms with Crippen LogP contribution in [-0.2, 0) is 0 Å². The molecule has 1 atom stereocenters. The molecule has 0 saturated carbocycles. The van der Waals surface area contributed by atoms with Crippen LogP contribution in [0.4, 0.5) is 5.69 Å². The van der Waals surface area contributed by atoms with E-state index in [0.717, 1.165) is 30.1 Å². The number of hydrogen-bond acceptors (Lipinski definition) is 2. The Morgan fingerprint density at radius 3 is 2.47 bits per heavy atom. The maximum Gasteiger partial charge on any atom is 0.249 e. The first kappa shape index (κ1) is 13.4. The van der Waals surface area contributed by atoms with Gasteiger partial charge < -0.3 is 14.5 Å². The maximum absolute atomic E-state index is 7.09. The summed E-state index contributed by atoms with van der Waals surface area (Å²) in [5.41, 5.74) is 2.10. The standard InChI is InChI=1S/C14H20N2O/c1-6-16(7-2)12-8-9-13(11(3)15-4)14(10-12)17-5/h8-11H,6-7H2,1-3,5H3. The Morgan fingerprint density at radius 1 is 1.35 bits per heavy atom. The van der Waals surface area contributed by atoms with Gasteiger partial charge in [0.2, 0.25) is 6.04 Å². The number of ether oxygens (including phenoxy) is 1. The van der Waals surface area contributed by atoms with Crippen LogP contribution in [0, 0.1) is 6.57 Å². The van der Waals surface area contributed by atoms with Crippen molar-refractivity contribution in [2.24, 2.45) is 0 Å². The fourth-order valence-electron chi connectivity index (χ4n) is 1.90. The number of rotatable bonds is 5. The molecule has 1 aromatic rings. The average Bonchev–Trinajstić information content (AvgIpc) is 2.39. The van der Waals surface area contributed by atoms with Gasteiger partial charge in [-0.05, 0) is 26.0 Å². The van der Waals surface area contributed by atoms with Gasteiger partial charge in [0, 0.05) is 31.8 Å². The van der Waals surface area contributed by atoms with Crippen molar-refractivity contribution in [1.82, 2.24) is 0 Å². The molecule has 92 valence electrons. The van der Waals surface area contributed by atoms with E-state index in [2.05, 4.69) is 29.7 Å². The Balaban J connectivity index is 3.13. The molecule has 0 aromatic heterocycles. The lowest BCUT2D eigenvalue weighted by Gasteiger charge is -2.22. The first-order chi connectivity index (χ1) is 8.17. The van der Waals surface area contributed by atoms with E-state index in [9.17, 15) is 0 Å². The smallest absolute Gasteiger partial charge is 0.249 e. The zero-order chi connectivity index (χ0) is 12.8. The van der Waals surface area contributed by atoms with Crippen molar-refractivity contribution < 1.29 is 4.74 Å². The molecule has 0 saturated heterocycles. The molecule has 3 heteroatoms. The minimum Gasteiger partial charge on any atom is -0.496 e. The molecule has 0 radical (unpaired) electrons. The molecule has 0 heterocycles. The molecule has 1 aromatic carbocycles. The summed E-state index contributed by atoms with van der Waals surface area (Å²) in [6.45, 7) is 15.2. The van der Waals surface area contributed by atoms with E-state index in [1.54, 1.807) is 7.11 Å². The zero-order valence-corrected chi connectivity index (χ0v) is 11.0. The van der Waals surface area contributed by atoms with Gasteiger partial charge in [-0.1, -0.05) is 0 Å². The summed E-state index contributed by atoms with van der Waals surface area (Å²) in [4.78, 5) is 5.80. The van der Waals surface area contributed by atoms with Crippen LogP contribution in [0.3, 0.4) is 0 Å². The van der Waals surface area contributed by atoms with Crippen LogP contribution in [-0.4, -0.2) is 20.2 Å². The van der Waals surface area contributed by atoms with Gasteiger partial charge >= 0.3 is 0 Å². The quantitative estimate of drug-likeness (QED) is 0.722. The average molecular weight is 232 g/mol. The Kier molecular flexibility index (Phi) is 4.84. The van der Waals surface area contributed by atoms with E-state index in [0.29, 0.717) is 0 Å². The highest BCUT2D eigenvalue weighted by Crippen LogP contribution is 2.31. The molecule has 3 nitrogen and oxygen atoms in total. The topological polar surface area (TPSA) is 16.8 Å². The molecule has 0 N–H and O–H groups in total. The molecule has 1 rings (SSSR count). The van der Waals surface area contributed by atoms with Crippen LogP contribution in [0.5, 0.6) is 5.75 Å². The number of benzene rings is 1. The lowest BCUT2D eigenvalue weighted by Crippen LogP contribution is -2.21. The highest BCUT2D eigenvalue weighted by atomic mass is 16.5. The monoisotopic (exact) mass is 232 g/mol. The van der Waals surface area contributed by atoms with Crippen LogP contribution < -0.4 is 9.64 Å². The second kappa shape index (κ2) is 6.15. The van der Waals surface area contributed by atoms with Gasteiger partial charge in [-0.2, -0.15) is 0 Å². The molecule has 0 aliphatic carbocycles. The van der Waals surface area contributed by atoms with E-state index in [1.807, 2.05) is 19.1 Å². The van der Waals surface area contributed by atoms with E-state index in [-0.39, 0.29) is 6.04 Å². The summed E-state index contributed by atoms with van der Waals surface area (Å²) in [7, 11) is 1.65. The van der Waals surface area contributed by atoms with E-state index in [1.165, 1.54) is 0 Å². The Labute approximate surface area is 104 Å². The van der Waals surface area contributed by atoms with Gasteiger partial charge in [-0.3, -0.25) is 0 Å². The summed E-state index contributed by atoms with van der Waals surface area (Å²) >= 11 is 0. The minimum absolute atomic E-state index is 0.157. The molecule has 17 heavy (non-hydrogen) atoms. The van der Waals surface area contributed by atoms with Crippen molar-refractivity contribution in [2.45, 2.75) is 26.8 Å². The largest absolute Gasteiger partial charge is 0.496 e. The number of hydrogen-bond donors (Lipinski definition) is 0. The second-order valence-electron chi connectivity index (χ2n) is 3.90. The van der Waals surface area contributed by atoms with Gasteiger partial charge in [-0.15, -0.1) is 0 Å². The summed E-state index contributed by atoms with van der Waals surface area (Å²) < 4.78 is 5.38. The van der Waals surface area contributed by atoms with Gasteiger partial charge in [0.25, 0.3) is 0 Å². The third kappa shape index (κ3) is 2.91. The molecule has 0 aliphatic heterocycles. The van der Waals surface area contributed by atoms with E-state index in [4.69, 9.17) is 11.3 Å². The third-order valence-corrected chi connectivity index (χ3v) is 2.99. The molecule has 0 aliphatic rings. The molecule has 0 bridgehead atoms. The summed E-state index contributed by atoms with van der Waals surface area (Å²) in [6.07, 6.45) is 0. The Hall–Kier alpha value is -1.69. The third-order valence-electron chi connectivity index (χ3n) is 2.99. The predicted molar refractivity (Wildman–Crippen MR) is 71.6 cm³/mol. The lowest BCUT2D eigenvalue weighted by molar-refractivity contribution is 0.408. The van der Waals surface area contributed by atoms with Crippen molar-refractivity contribution in [3.63, 3.8) is 0 Å². The molecule has 0 fully saturated rings. The van der Waals surface area contributed by atoms with E-state index < -0.39 is 0 Å². The van der Waals surface area contributed by atoms with Crippen LogP contribution in [0.25, 0.3) is 4.85 Å². The van der Waals surface area contributed by atoms with Crippen LogP contribution in [0.1, 0.15) is 32.4 Å². The van der Waals surface area contributed by atoms with Crippen molar-refractivity contribution in [2.75, 3.05) is 25.1 Å². The maximum atomic E-state index is 7.09. The molecule has 0 spiro atoms. The second-order valence-corrected chi connectivity index (χ2v) is 3.90. The SMILES string of the molecule is [C-]#[N+]C(C)c1ccc(N(CC)CC)cc1OC. The fraction of sp³-hybridized carbons (Fsp3) is 0.500. The highest BCUT2D eigenvalue weighted by molar-refractivity contribution is 5.54. The molecular formula is C14H20N2O. The van der Waals surface area contributed by atoms with Crippen LogP contribution in [0.2, 0.25) is 0 Å². The summed E-state index contributed by atoms with van der Waals surface area (Å²) in [6, 6.07) is 5.92. The van der Waals surface area contributed by atoms with Crippen molar-refractivity contribution in [3.8, 4) is 5.75 Å². The number of methoxy groups -OCH3 is 1. The lowest BCUT2D eigenvalue weighted by atomic mass is 10.1. The Morgan fingerprint density at radius 2 is 2.00 bits per heavy atom. The Bertz CT molecular complexity index is 405. The highest BCUT2D eigenvalue weighted by Gasteiger charge is 2.16. The minimum atomic E-state index is -0.157. The van der Waals surface area contributed by atoms with Gasteiger partial charge in [0.15, 0.2) is 0 Å². The predicted octanol–water partition coefficient (Wildman–Crippen LogP) is 3.52. The van der Waals surface area contributed by atoms with Gasteiger partial charge in [0.05, 0.1) is 12.7 Å². The first-order valence-corrected chi connectivity index (χ1v) is 5.97. The first-order valence-electron chi connectivity index (χ1n) is 5.97. The van der Waals surface area contributed by atoms with Crippen molar-refractivity contribution >= 4 is 5.69 Å². The van der Waals surface area contributed by atoms with Crippen molar-refractivity contribution in [1.29, 1.82) is 0 Å². The summed E-state index contributed by atoms with van der Waals surface area (Å²) in [5, 5.41) is 0. The molecule has 1 unspecified atom stereocenters. The van der Waals surface area contributed by atoms with Gasteiger partial charge in [-0.25, -0.2) is 6.57 Å². The van der Waals surface area contributed by atoms with Crippen molar-refractivity contribution in [3.05, 3.63) is 35.2 Å². The zero-order valence-electron chi connectivity index (χ0n) is 11.0.